The molecular weight excluding hydrogens is 354 g/mol. The van der Waals surface area contributed by atoms with Crippen LogP contribution < -0.4 is 5.32 Å². The SMILES string of the molecule is CC(NCc1ccc(C(=O)O)cc1Br)c1cccc(Cl)c1. The van der Waals surface area contributed by atoms with Gasteiger partial charge in [-0.3, -0.25) is 0 Å². The third-order valence-electron chi connectivity index (χ3n) is 3.25. The lowest BCUT2D eigenvalue weighted by Gasteiger charge is -2.15. The molecule has 5 heteroatoms. The zero-order chi connectivity index (χ0) is 15.4. The average Bonchev–Trinajstić information content (AvgIpc) is 2.45. The molecule has 0 aliphatic heterocycles. The van der Waals surface area contributed by atoms with Crippen molar-refractivity contribution in [1.82, 2.24) is 5.32 Å². The fraction of sp³-hybridized carbons (Fsp3) is 0.188. The molecule has 0 aliphatic rings. The topological polar surface area (TPSA) is 49.3 Å². The van der Waals surface area contributed by atoms with E-state index < -0.39 is 5.97 Å². The largest absolute Gasteiger partial charge is 0.478 e. The van der Waals surface area contributed by atoms with Gasteiger partial charge in [0.05, 0.1) is 5.56 Å². The van der Waals surface area contributed by atoms with E-state index >= 15 is 0 Å². The smallest absolute Gasteiger partial charge is 0.335 e. The van der Waals surface area contributed by atoms with E-state index in [1.165, 1.54) is 0 Å². The molecule has 21 heavy (non-hydrogen) atoms. The summed E-state index contributed by atoms with van der Waals surface area (Å²) >= 11 is 9.40. The van der Waals surface area contributed by atoms with Gasteiger partial charge in [-0.1, -0.05) is 45.7 Å². The standard InChI is InChI=1S/C16H15BrClNO2/c1-10(11-3-2-4-14(18)7-11)19-9-13-6-5-12(16(20)21)8-15(13)17/h2-8,10,19H,9H2,1H3,(H,20,21). The van der Waals surface area contributed by atoms with Crippen molar-refractivity contribution in [1.29, 1.82) is 0 Å². The fourth-order valence-electron chi connectivity index (χ4n) is 1.98. The van der Waals surface area contributed by atoms with Crippen molar-refractivity contribution < 1.29 is 9.90 Å². The highest BCUT2D eigenvalue weighted by molar-refractivity contribution is 9.10. The molecular formula is C16H15BrClNO2. The molecule has 0 amide bonds. The normalized spacial score (nSPS) is 12.1. The van der Waals surface area contributed by atoms with Crippen LogP contribution in [0.25, 0.3) is 0 Å². The summed E-state index contributed by atoms with van der Waals surface area (Å²) in [6.45, 7) is 2.69. The first-order chi connectivity index (χ1) is 9.97. The Hall–Kier alpha value is -1.36. The molecule has 2 aromatic rings. The van der Waals surface area contributed by atoms with Crippen LogP contribution in [0, 0.1) is 0 Å². The Labute approximate surface area is 137 Å². The molecule has 3 nitrogen and oxygen atoms in total. The lowest BCUT2D eigenvalue weighted by atomic mass is 10.1. The van der Waals surface area contributed by atoms with Crippen LogP contribution in [0.1, 0.15) is 34.5 Å². The van der Waals surface area contributed by atoms with Crippen LogP contribution in [-0.4, -0.2) is 11.1 Å². The van der Waals surface area contributed by atoms with Gasteiger partial charge in [0, 0.05) is 22.1 Å². The average molecular weight is 369 g/mol. The van der Waals surface area contributed by atoms with Gasteiger partial charge in [0.1, 0.15) is 0 Å². The van der Waals surface area contributed by atoms with Gasteiger partial charge in [-0.2, -0.15) is 0 Å². The van der Waals surface area contributed by atoms with Crippen molar-refractivity contribution in [3.63, 3.8) is 0 Å². The second-order valence-electron chi connectivity index (χ2n) is 4.77. The van der Waals surface area contributed by atoms with Gasteiger partial charge >= 0.3 is 5.97 Å². The Balaban J connectivity index is 2.04. The summed E-state index contributed by atoms with van der Waals surface area (Å²) in [5, 5.41) is 13.1. The molecule has 1 atom stereocenters. The Morgan fingerprint density at radius 2 is 2.10 bits per heavy atom. The summed E-state index contributed by atoms with van der Waals surface area (Å²) in [6, 6.07) is 12.9. The number of nitrogens with one attached hydrogen (secondary N) is 1. The highest BCUT2D eigenvalue weighted by Gasteiger charge is 2.09. The zero-order valence-electron chi connectivity index (χ0n) is 11.4. The molecule has 110 valence electrons. The maximum absolute atomic E-state index is 10.9. The molecule has 2 rings (SSSR count). The molecule has 0 bridgehead atoms. The molecule has 1 unspecified atom stereocenters. The first-order valence-electron chi connectivity index (χ1n) is 6.48. The lowest BCUT2D eigenvalue weighted by molar-refractivity contribution is 0.0697. The number of aromatic carboxylic acids is 1. The number of benzene rings is 2. The summed E-state index contributed by atoms with van der Waals surface area (Å²) in [7, 11) is 0. The third-order valence-corrected chi connectivity index (χ3v) is 4.22. The van der Waals surface area contributed by atoms with Gasteiger partial charge in [-0.05, 0) is 42.3 Å². The molecule has 0 fully saturated rings. The molecule has 0 spiro atoms. The summed E-state index contributed by atoms with van der Waals surface area (Å²) in [6.07, 6.45) is 0. The highest BCUT2D eigenvalue weighted by Crippen LogP contribution is 2.21. The minimum atomic E-state index is -0.928. The van der Waals surface area contributed by atoms with Crippen molar-refractivity contribution in [3.8, 4) is 0 Å². The fourth-order valence-corrected chi connectivity index (χ4v) is 2.70. The predicted octanol–water partition coefficient (Wildman–Crippen LogP) is 4.65. The van der Waals surface area contributed by atoms with E-state index in [-0.39, 0.29) is 11.6 Å². The Kier molecular flexibility index (Phi) is 5.39. The van der Waals surface area contributed by atoms with Gasteiger partial charge in [0.15, 0.2) is 0 Å². The number of carbonyl (C=O) groups is 1. The minimum Gasteiger partial charge on any atom is -0.478 e. The van der Waals surface area contributed by atoms with Crippen molar-refractivity contribution in [2.75, 3.05) is 0 Å². The van der Waals surface area contributed by atoms with Crippen LogP contribution in [0.4, 0.5) is 0 Å². The molecule has 2 N–H and O–H groups in total. The molecule has 0 aromatic heterocycles. The summed E-state index contributed by atoms with van der Waals surface area (Å²) in [5.41, 5.74) is 2.39. The van der Waals surface area contributed by atoms with Crippen LogP contribution in [0.15, 0.2) is 46.9 Å². The van der Waals surface area contributed by atoms with Crippen molar-refractivity contribution in [3.05, 3.63) is 68.7 Å². The molecule has 0 saturated heterocycles. The van der Waals surface area contributed by atoms with Gasteiger partial charge < -0.3 is 10.4 Å². The Bertz CT molecular complexity index is 660. The van der Waals surface area contributed by atoms with Crippen LogP contribution in [0.5, 0.6) is 0 Å². The molecule has 0 radical (unpaired) electrons. The van der Waals surface area contributed by atoms with Gasteiger partial charge in [0.2, 0.25) is 0 Å². The van der Waals surface area contributed by atoms with Crippen LogP contribution in [0.3, 0.4) is 0 Å². The van der Waals surface area contributed by atoms with E-state index in [1.807, 2.05) is 30.3 Å². The van der Waals surface area contributed by atoms with Gasteiger partial charge in [-0.15, -0.1) is 0 Å². The van der Waals surface area contributed by atoms with Gasteiger partial charge in [-0.25, -0.2) is 4.79 Å². The summed E-state index contributed by atoms with van der Waals surface area (Å²) in [4.78, 5) is 10.9. The van der Waals surface area contributed by atoms with E-state index in [0.29, 0.717) is 11.6 Å². The van der Waals surface area contributed by atoms with E-state index in [9.17, 15) is 4.79 Å². The molecule has 0 aliphatic carbocycles. The lowest BCUT2D eigenvalue weighted by Crippen LogP contribution is -2.18. The summed E-state index contributed by atoms with van der Waals surface area (Å²) in [5.74, 6) is -0.928. The van der Waals surface area contributed by atoms with Crippen molar-refractivity contribution in [2.45, 2.75) is 19.5 Å². The second kappa shape index (κ2) is 7.07. The van der Waals surface area contributed by atoms with Crippen LogP contribution in [-0.2, 0) is 6.54 Å². The third kappa shape index (κ3) is 4.30. The monoisotopic (exact) mass is 367 g/mol. The number of halogens is 2. The quantitative estimate of drug-likeness (QED) is 0.807. The number of carboxylic acids is 1. The maximum atomic E-state index is 10.9. The molecule has 0 heterocycles. The van der Waals surface area contributed by atoms with E-state index in [2.05, 4.69) is 28.2 Å². The Morgan fingerprint density at radius 1 is 1.33 bits per heavy atom. The second-order valence-corrected chi connectivity index (χ2v) is 6.06. The first-order valence-corrected chi connectivity index (χ1v) is 7.65. The number of hydrogen-bond donors (Lipinski definition) is 2. The van der Waals surface area contributed by atoms with Gasteiger partial charge in [0.25, 0.3) is 0 Å². The molecule has 0 saturated carbocycles. The van der Waals surface area contributed by atoms with E-state index in [4.69, 9.17) is 16.7 Å². The Morgan fingerprint density at radius 3 is 2.71 bits per heavy atom. The first kappa shape index (κ1) is 16.0. The van der Waals surface area contributed by atoms with Crippen molar-refractivity contribution >= 4 is 33.5 Å². The van der Waals surface area contributed by atoms with Crippen LogP contribution >= 0.6 is 27.5 Å². The molecule has 2 aromatic carbocycles. The van der Waals surface area contributed by atoms with Crippen LogP contribution in [0.2, 0.25) is 5.02 Å². The van der Waals surface area contributed by atoms with E-state index in [0.717, 1.165) is 15.6 Å². The predicted molar refractivity (Wildman–Crippen MR) is 87.8 cm³/mol. The summed E-state index contributed by atoms with van der Waals surface area (Å²) < 4.78 is 0.785. The highest BCUT2D eigenvalue weighted by atomic mass is 79.9. The number of carboxylic acid groups (broad SMARTS) is 1. The number of hydrogen-bond acceptors (Lipinski definition) is 2. The van der Waals surface area contributed by atoms with E-state index in [1.54, 1.807) is 12.1 Å². The van der Waals surface area contributed by atoms with Crippen molar-refractivity contribution in [2.24, 2.45) is 0 Å². The maximum Gasteiger partial charge on any atom is 0.335 e. The minimum absolute atomic E-state index is 0.148. The zero-order valence-corrected chi connectivity index (χ0v) is 13.8. The number of rotatable bonds is 5.